The molecule has 0 aliphatic heterocycles. The normalized spacial score (nSPS) is 11.8. The molecule has 0 unspecified atom stereocenters. The van der Waals surface area contributed by atoms with E-state index in [4.69, 9.17) is 11.6 Å². The largest absolute Gasteiger partial charge is 0.342 e. The first-order valence-electron chi connectivity index (χ1n) is 11.2. The van der Waals surface area contributed by atoms with Crippen LogP contribution in [0.25, 0.3) is 0 Å². The Balaban J connectivity index is 1.68. The van der Waals surface area contributed by atoms with Crippen molar-refractivity contribution in [2.24, 2.45) is 13.0 Å². The summed E-state index contributed by atoms with van der Waals surface area (Å²) in [6.07, 6.45) is 0.632. The Morgan fingerprint density at radius 1 is 1.19 bits per heavy atom. The zero-order valence-electron chi connectivity index (χ0n) is 20.3. The zero-order chi connectivity index (χ0) is 26.4. The Labute approximate surface area is 218 Å². The first-order valence-corrected chi connectivity index (χ1v) is 12.6. The minimum atomic E-state index is -0.483. The quantitative estimate of drug-likeness (QED) is 0.215. The van der Waals surface area contributed by atoms with Gasteiger partial charge in [-0.3, -0.25) is 19.7 Å². The summed E-state index contributed by atoms with van der Waals surface area (Å²) in [5, 5.41) is 26.1. The lowest BCUT2D eigenvalue weighted by molar-refractivity contribution is -0.384. The van der Waals surface area contributed by atoms with Gasteiger partial charge in [-0.15, -0.1) is 10.2 Å². The van der Waals surface area contributed by atoms with Crippen molar-refractivity contribution in [2.45, 2.75) is 38.4 Å². The summed E-state index contributed by atoms with van der Waals surface area (Å²) in [6.45, 7) is 5.78. The minimum Gasteiger partial charge on any atom is -0.342 e. The van der Waals surface area contributed by atoms with Crippen LogP contribution in [0.1, 0.15) is 48.1 Å². The molecule has 2 amide bonds. The van der Waals surface area contributed by atoms with Gasteiger partial charge in [-0.2, -0.15) is 0 Å². The van der Waals surface area contributed by atoms with Gasteiger partial charge in [0.1, 0.15) is 0 Å². The van der Waals surface area contributed by atoms with E-state index < -0.39 is 11.0 Å². The molecule has 10 nitrogen and oxygen atoms in total. The van der Waals surface area contributed by atoms with Gasteiger partial charge in [0.25, 0.3) is 11.6 Å². The summed E-state index contributed by atoms with van der Waals surface area (Å²) in [6, 6.07) is 10.7. The van der Waals surface area contributed by atoms with E-state index in [9.17, 15) is 19.7 Å². The van der Waals surface area contributed by atoms with Crippen molar-refractivity contribution in [2.75, 3.05) is 11.1 Å². The average Bonchev–Trinajstić information content (AvgIpc) is 3.18. The standard InChI is InChI=1S/C24H27ClN6O4S/c1-14(2)11-20(27-23(33)17-7-5-6-8-18(17)25)22-28-29-24(30(22)4)36-13-21(32)26-19-10-9-16(31(34)35)12-15(19)3/h5-10,12,14,20H,11,13H2,1-4H3,(H,26,32)(H,27,33)/t20-/m1/s1. The van der Waals surface area contributed by atoms with Gasteiger partial charge in [0, 0.05) is 24.9 Å². The highest BCUT2D eigenvalue weighted by Gasteiger charge is 2.24. The molecule has 2 N–H and O–H groups in total. The van der Waals surface area contributed by atoms with Crippen LogP contribution in [0.3, 0.4) is 0 Å². The van der Waals surface area contributed by atoms with E-state index in [0.29, 0.717) is 39.2 Å². The number of nitrogens with zero attached hydrogens (tertiary/aromatic N) is 4. The summed E-state index contributed by atoms with van der Waals surface area (Å²) >= 11 is 7.38. The number of non-ortho nitro benzene ring substituents is 1. The Morgan fingerprint density at radius 3 is 2.56 bits per heavy atom. The second kappa shape index (κ2) is 12.0. The van der Waals surface area contributed by atoms with E-state index in [1.807, 2.05) is 13.8 Å². The van der Waals surface area contributed by atoms with Gasteiger partial charge in [0.15, 0.2) is 11.0 Å². The van der Waals surface area contributed by atoms with Gasteiger partial charge in [0.2, 0.25) is 5.91 Å². The molecule has 0 spiro atoms. The molecule has 0 fully saturated rings. The lowest BCUT2D eigenvalue weighted by Crippen LogP contribution is -2.31. The Morgan fingerprint density at radius 2 is 1.92 bits per heavy atom. The Bertz CT molecular complexity index is 1280. The number of amides is 2. The maximum absolute atomic E-state index is 12.9. The highest BCUT2D eigenvalue weighted by molar-refractivity contribution is 7.99. The monoisotopic (exact) mass is 530 g/mol. The predicted octanol–water partition coefficient (Wildman–Crippen LogP) is 4.93. The molecule has 12 heteroatoms. The molecule has 1 heterocycles. The van der Waals surface area contributed by atoms with Crippen molar-refractivity contribution in [3.63, 3.8) is 0 Å². The van der Waals surface area contributed by atoms with Gasteiger partial charge in [-0.25, -0.2) is 0 Å². The van der Waals surface area contributed by atoms with Crippen LogP contribution < -0.4 is 10.6 Å². The number of nitro benzene ring substituents is 1. The van der Waals surface area contributed by atoms with Crippen LogP contribution in [-0.4, -0.2) is 37.3 Å². The Kier molecular flexibility index (Phi) is 9.05. The average molecular weight is 531 g/mol. The van der Waals surface area contributed by atoms with Crippen LogP contribution in [0.2, 0.25) is 5.02 Å². The molecule has 0 radical (unpaired) electrons. The van der Waals surface area contributed by atoms with Crippen LogP contribution in [0.4, 0.5) is 11.4 Å². The Hall–Kier alpha value is -3.44. The highest BCUT2D eigenvalue weighted by Crippen LogP contribution is 2.26. The second-order valence-corrected chi connectivity index (χ2v) is 9.98. The fraction of sp³-hybridized carbons (Fsp3) is 0.333. The summed E-state index contributed by atoms with van der Waals surface area (Å²) in [5.74, 6) is 0.306. The minimum absolute atomic E-state index is 0.0379. The topological polar surface area (TPSA) is 132 Å². The molecule has 36 heavy (non-hydrogen) atoms. The number of carbonyl (C=O) groups is 2. The number of nitro groups is 1. The third-order valence-corrected chi connectivity index (χ3v) is 6.69. The molecule has 3 aromatic rings. The van der Waals surface area contributed by atoms with Crippen molar-refractivity contribution in [1.82, 2.24) is 20.1 Å². The van der Waals surface area contributed by atoms with Crippen molar-refractivity contribution in [1.29, 1.82) is 0 Å². The second-order valence-electron chi connectivity index (χ2n) is 8.63. The fourth-order valence-electron chi connectivity index (χ4n) is 3.55. The first-order chi connectivity index (χ1) is 17.1. The van der Waals surface area contributed by atoms with Crippen LogP contribution in [0.15, 0.2) is 47.6 Å². The van der Waals surface area contributed by atoms with Crippen molar-refractivity contribution < 1.29 is 14.5 Å². The van der Waals surface area contributed by atoms with E-state index in [0.717, 1.165) is 0 Å². The molecule has 0 saturated carbocycles. The number of aromatic nitrogens is 3. The molecule has 1 atom stereocenters. The number of halogens is 1. The van der Waals surface area contributed by atoms with Gasteiger partial charge in [-0.1, -0.05) is 49.3 Å². The summed E-state index contributed by atoms with van der Waals surface area (Å²) < 4.78 is 1.76. The van der Waals surface area contributed by atoms with Gasteiger partial charge in [-0.05, 0) is 43.0 Å². The molecule has 0 aliphatic carbocycles. The smallest absolute Gasteiger partial charge is 0.269 e. The maximum atomic E-state index is 12.9. The van der Waals surface area contributed by atoms with Crippen LogP contribution in [0, 0.1) is 23.0 Å². The molecule has 0 aliphatic rings. The van der Waals surface area contributed by atoms with E-state index >= 15 is 0 Å². The molecule has 3 rings (SSSR count). The lowest BCUT2D eigenvalue weighted by atomic mass is 10.0. The molecule has 190 valence electrons. The lowest BCUT2D eigenvalue weighted by Gasteiger charge is -2.20. The number of thioether (sulfide) groups is 1. The van der Waals surface area contributed by atoms with Crippen LogP contribution >= 0.6 is 23.4 Å². The zero-order valence-corrected chi connectivity index (χ0v) is 21.9. The number of nitrogens with one attached hydrogen (secondary N) is 2. The molecular formula is C24H27ClN6O4S. The highest BCUT2D eigenvalue weighted by atomic mass is 35.5. The summed E-state index contributed by atoms with van der Waals surface area (Å²) in [4.78, 5) is 35.8. The fourth-order valence-corrected chi connectivity index (χ4v) is 4.49. The van der Waals surface area contributed by atoms with Crippen molar-refractivity contribution in [3.8, 4) is 0 Å². The predicted molar refractivity (Wildman–Crippen MR) is 139 cm³/mol. The van der Waals surface area contributed by atoms with Gasteiger partial charge < -0.3 is 15.2 Å². The first kappa shape index (κ1) is 27.2. The molecule has 2 aromatic carbocycles. The summed E-state index contributed by atoms with van der Waals surface area (Å²) in [5.41, 5.74) is 1.44. The molecular weight excluding hydrogens is 504 g/mol. The molecule has 0 bridgehead atoms. The van der Waals surface area contributed by atoms with Crippen LogP contribution in [0.5, 0.6) is 0 Å². The van der Waals surface area contributed by atoms with Gasteiger partial charge in [0.05, 0.1) is 27.3 Å². The SMILES string of the molecule is Cc1cc([N+](=O)[O-])ccc1NC(=O)CSc1nnc([C@@H](CC(C)C)NC(=O)c2ccccc2Cl)n1C. The number of hydrogen-bond acceptors (Lipinski definition) is 7. The number of rotatable bonds is 10. The van der Waals surface area contributed by atoms with Crippen LogP contribution in [-0.2, 0) is 11.8 Å². The van der Waals surface area contributed by atoms with E-state index in [1.54, 1.807) is 42.8 Å². The number of aryl methyl sites for hydroxylation is 1. The maximum Gasteiger partial charge on any atom is 0.269 e. The number of benzene rings is 2. The molecule has 0 saturated heterocycles. The third-order valence-electron chi connectivity index (χ3n) is 5.34. The summed E-state index contributed by atoms with van der Waals surface area (Å²) in [7, 11) is 1.78. The number of hydrogen-bond donors (Lipinski definition) is 2. The third kappa shape index (κ3) is 6.82. The van der Waals surface area contributed by atoms with E-state index in [2.05, 4.69) is 20.8 Å². The van der Waals surface area contributed by atoms with Gasteiger partial charge >= 0.3 is 0 Å². The van der Waals surface area contributed by atoms with Crippen molar-refractivity contribution >= 4 is 46.6 Å². The van der Waals surface area contributed by atoms with E-state index in [-0.39, 0.29) is 29.2 Å². The molecule has 1 aromatic heterocycles. The van der Waals surface area contributed by atoms with E-state index in [1.165, 1.54) is 30.0 Å². The van der Waals surface area contributed by atoms with Crippen molar-refractivity contribution in [3.05, 3.63) is 74.6 Å². The number of carbonyl (C=O) groups excluding carboxylic acids is 2. The number of anilines is 1.